The van der Waals surface area contributed by atoms with Gasteiger partial charge in [0.25, 0.3) is 0 Å². The van der Waals surface area contributed by atoms with E-state index in [9.17, 15) is 5.26 Å². The van der Waals surface area contributed by atoms with Gasteiger partial charge in [0.2, 0.25) is 0 Å². The predicted molar refractivity (Wildman–Crippen MR) is 206 cm³/mol. The van der Waals surface area contributed by atoms with Gasteiger partial charge in [0, 0.05) is 16.5 Å². The number of rotatable bonds is 3. The Kier molecular flexibility index (Phi) is 5.97. The summed E-state index contributed by atoms with van der Waals surface area (Å²) in [5.41, 5.74) is 8.75. The van der Waals surface area contributed by atoms with Crippen molar-refractivity contribution in [3.8, 4) is 34.0 Å². The predicted octanol–water partition coefficient (Wildman–Crippen LogP) is 12.6. The first-order chi connectivity index (χ1) is 24.3. The van der Waals surface area contributed by atoms with Crippen LogP contribution in [0.4, 0.5) is 0 Å². The van der Waals surface area contributed by atoms with Crippen molar-refractivity contribution < 1.29 is 0 Å². The minimum atomic E-state index is 0.656. The number of aromatic nitrogens is 1. The van der Waals surface area contributed by atoms with E-state index < -0.39 is 0 Å². The number of fused-ring (bicyclic) bond motifs is 9. The van der Waals surface area contributed by atoms with Crippen molar-refractivity contribution in [1.29, 1.82) is 5.26 Å². The maximum Gasteiger partial charge on any atom is 0.0992 e. The summed E-state index contributed by atoms with van der Waals surface area (Å²) in [5.74, 6) is 0. The lowest BCUT2D eigenvalue weighted by Gasteiger charge is -2.17. The van der Waals surface area contributed by atoms with Crippen LogP contribution in [-0.4, -0.2) is 4.57 Å². The highest BCUT2D eigenvalue weighted by atomic mass is 15.0. The molecule has 0 aliphatic heterocycles. The molecule has 226 valence electrons. The highest BCUT2D eigenvalue weighted by Gasteiger charge is 2.18. The van der Waals surface area contributed by atoms with Gasteiger partial charge in [0.15, 0.2) is 0 Å². The molecule has 10 aromatic rings. The number of hydrogen-bond acceptors (Lipinski definition) is 1. The van der Waals surface area contributed by atoms with Crippen molar-refractivity contribution in [2.45, 2.75) is 0 Å². The van der Waals surface area contributed by atoms with Crippen LogP contribution in [0.5, 0.6) is 0 Å². The third kappa shape index (κ3) is 4.13. The molecule has 9 aromatic carbocycles. The summed E-state index contributed by atoms with van der Waals surface area (Å²) < 4.78 is 2.30. The van der Waals surface area contributed by atoms with Gasteiger partial charge in [0.05, 0.1) is 22.7 Å². The molecule has 0 bridgehead atoms. The minimum absolute atomic E-state index is 0.656. The highest BCUT2D eigenvalue weighted by Crippen LogP contribution is 2.44. The third-order valence-electron chi connectivity index (χ3n) is 10.2. The number of nitrogens with zero attached hydrogens (tertiary/aromatic N) is 2. The lowest BCUT2D eigenvalue weighted by Crippen LogP contribution is -1.94. The van der Waals surface area contributed by atoms with E-state index in [1.165, 1.54) is 65.2 Å². The molecular formula is C47H28N2. The number of benzene rings is 9. The fourth-order valence-electron chi connectivity index (χ4n) is 7.98. The van der Waals surface area contributed by atoms with Crippen LogP contribution < -0.4 is 0 Å². The molecule has 0 aliphatic rings. The summed E-state index contributed by atoms with van der Waals surface area (Å²) in [6.07, 6.45) is 0. The molecule has 0 fully saturated rings. The van der Waals surface area contributed by atoms with Crippen LogP contribution in [-0.2, 0) is 0 Å². The Labute approximate surface area is 283 Å². The van der Waals surface area contributed by atoms with E-state index in [0.29, 0.717) is 5.56 Å². The monoisotopic (exact) mass is 620 g/mol. The molecule has 0 unspecified atom stereocenters. The second-order valence-electron chi connectivity index (χ2n) is 12.8. The molecule has 49 heavy (non-hydrogen) atoms. The van der Waals surface area contributed by atoms with Crippen molar-refractivity contribution in [3.05, 3.63) is 175 Å². The minimum Gasteiger partial charge on any atom is -0.309 e. The fraction of sp³-hybridized carbons (Fsp3) is 0. The normalized spacial score (nSPS) is 11.7. The smallest absolute Gasteiger partial charge is 0.0992 e. The van der Waals surface area contributed by atoms with Crippen LogP contribution >= 0.6 is 0 Å². The second kappa shape index (κ2) is 10.7. The molecule has 2 nitrogen and oxygen atoms in total. The molecule has 10 rings (SSSR count). The van der Waals surface area contributed by atoms with E-state index in [2.05, 4.69) is 162 Å². The summed E-state index contributed by atoms with van der Waals surface area (Å²) in [5, 5.41) is 22.0. The summed E-state index contributed by atoms with van der Waals surface area (Å²) in [4.78, 5) is 0. The Hall–Kier alpha value is -6.69. The number of hydrogen-bond donors (Lipinski definition) is 0. The Balaban J connectivity index is 1.29. The quantitative estimate of drug-likeness (QED) is 0.181. The largest absolute Gasteiger partial charge is 0.309 e. The molecule has 0 spiro atoms. The van der Waals surface area contributed by atoms with Gasteiger partial charge in [-0.25, -0.2) is 0 Å². The molecule has 0 N–H and O–H groups in total. The van der Waals surface area contributed by atoms with Gasteiger partial charge < -0.3 is 4.57 Å². The van der Waals surface area contributed by atoms with Gasteiger partial charge in [-0.05, 0) is 108 Å². The van der Waals surface area contributed by atoms with Crippen molar-refractivity contribution in [3.63, 3.8) is 0 Å². The van der Waals surface area contributed by atoms with Crippen molar-refractivity contribution in [1.82, 2.24) is 4.57 Å². The van der Waals surface area contributed by atoms with Gasteiger partial charge in [-0.1, -0.05) is 127 Å². The fourth-order valence-corrected chi connectivity index (χ4v) is 7.98. The lowest BCUT2D eigenvalue weighted by molar-refractivity contribution is 1.18. The first kappa shape index (κ1) is 27.4. The first-order valence-corrected chi connectivity index (χ1v) is 16.7. The van der Waals surface area contributed by atoms with E-state index in [0.717, 1.165) is 27.7 Å². The van der Waals surface area contributed by atoms with Crippen LogP contribution in [0.3, 0.4) is 0 Å². The zero-order valence-electron chi connectivity index (χ0n) is 26.6. The van der Waals surface area contributed by atoms with Gasteiger partial charge in [-0.3, -0.25) is 0 Å². The molecular weight excluding hydrogens is 593 g/mol. The first-order valence-electron chi connectivity index (χ1n) is 16.7. The zero-order chi connectivity index (χ0) is 32.5. The number of nitriles is 1. The molecule has 0 amide bonds. The van der Waals surface area contributed by atoms with E-state index in [4.69, 9.17) is 0 Å². The zero-order valence-corrected chi connectivity index (χ0v) is 26.6. The van der Waals surface area contributed by atoms with E-state index in [1.54, 1.807) is 0 Å². The number of para-hydroxylation sites is 1. The SMILES string of the molecule is N#Cc1ccc2c3ccc(-c4cc5c6ccccc6c(-c6cccc7ccccc67)cc5c5ccccc45)cc3n(-c3ccccc3)c2c1. The molecule has 0 aliphatic carbocycles. The maximum absolute atomic E-state index is 9.76. The molecule has 0 saturated carbocycles. The summed E-state index contributed by atoms with van der Waals surface area (Å²) in [6, 6.07) is 63.4. The lowest BCUT2D eigenvalue weighted by atomic mass is 9.86. The van der Waals surface area contributed by atoms with E-state index >= 15 is 0 Å². The molecule has 2 heteroatoms. The van der Waals surface area contributed by atoms with Gasteiger partial charge in [-0.2, -0.15) is 5.26 Å². The molecule has 1 heterocycles. The molecule has 0 radical (unpaired) electrons. The maximum atomic E-state index is 9.76. The Bertz CT molecular complexity index is 2990. The average Bonchev–Trinajstić information content (AvgIpc) is 3.50. The molecule has 0 atom stereocenters. The third-order valence-corrected chi connectivity index (χ3v) is 10.2. The van der Waals surface area contributed by atoms with Gasteiger partial charge in [-0.15, -0.1) is 0 Å². The standard InChI is InChI=1S/C47H28N2/c48-29-30-21-23-40-41-24-22-32(26-47(41)49(46(40)25-30)33-13-2-1-3-14-33)42-27-44-39-19-9-8-18-38(39)43(28-45(44)37-17-7-6-16-36(37)42)35-20-10-12-31-11-4-5-15-34(31)35/h1-28H. The van der Waals surface area contributed by atoms with Crippen LogP contribution in [0.1, 0.15) is 5.56 Å². The Morgan fingerprint density at radius 2 is 0.939 bits per heavy atom. The van der Waals surface area contributed by atoms with Crippen LogP contribution in [0.2, 0.25) is 0 Å². The molecule has 1 aromatic heterocycles. The van der Waals surface area contributed by atoms with Crippen LogP contribution in [0.25, 0.3) is 92.8 Å². The summed E-state index contributed by atoms with van der Waals surface area (Å²) >= 11 is 0. The highest BCUT2D eigenvalue weighted by molar-refractivity contribution is 6.25. The second-order valence-corrected chi connectivity index (χ2v) is 12.8. The van der Waals surface area contributed by atoms with E-state index in [1.807, 2.05) is 18.2 Å². The van der Waals surface area contributed by atoms with Crippen molar-refractivity contribution in [2.75, 3.05) is 0 Å². The van der Waals surface area contributed by atoms with Crippen molar-refractivity contribution in [2.24, 2.45) is 0 Å². The van der Waals surface area contributed by atoms with E-state index in [-0.39, 0.29) is 0 Å². The Morgan fingerprint density at radius 1 is 0.367 bits per heavy atom. The molecule has 0 saturated heterocycles. The van der Waals surface area contributed by atoms with Crippen molar-refractivity contribution >= 4 is 64.9 Å². The summed E-state index contributed by atoms with van der Waals surface area (Å²) in [6.45, 7) is 0. The topological polar surface area (TPSA) is 28.7 Å². The average molecular weight is 621 g/mol. The van der Waals surface area contributed by atoms with Gasteiger partial charge in [0.1, 0.15) is 0 Å². The van der Waals surface area contributed by atoms with Gasteiger partial charge >= 0.3 is 0 Å². The summed E-state index contributed by atoms with van der Waals surface area (Å²) in [7, 11) is 0. The van der Waals surface area contributed by atoms with Crippen LogP contribution in [0, 0.1) is 11.3 Å². The van der Waals surface area contributed by atoms with Crippen LogP contribution in [0.15, 0.2) is 170 Å². The Morgan fingerprint density at radius 3 is 1.67 bits per heavy atom.